The van der Waals surface area contributed by atoms with Crippen molar-refractivity contribution < 1.29 is 5.11 Å². The number of rotatable bonds is 3. The highest BCUT2D eigenvalue weighted by molar-refractivity contribution is 7.19. The molecule has 0 aliphatic heterocycles. The molecule has 0 spiro atoms. The van der Waals surface area contributed by atoms with Crippen LogP contribution in [0, 0.1) is 0 Å². The molecule has 3 aromatic carbocycles. The van der Waals surface area contributed by atoms with Crippen molar-refractivity contribution in [3.8, 4) is 0 Å². The summed E-state index contributed by atoms with van der Waals surface area (Å²) in [7, 11) is 4.06. The van der Waals surface area contributed by atoms with Crippen molar-refractivity contribution in [3.63, 3.8) is 0 Å². The molecule has 0 bridgehead atoms. The molecule has 0 aliphatic carbocycles. The van der Waals surface area contributed by atoms with Crippen LogP contribution in [0.5, 0.6) is 0 Å². The van der Waals surface area contributed by atoms with Gasteiger partial charge in [-0.2, -0.15) is 0 Å². The van der Waals surface area contributed by atoms with Gasteiger partial charge in [0.1, 0.15) is 0 Å². The summed E-state index contributed by atoms with van der Waals surface area (Å²) in [5, 5.41) is 6.80. The molecule has 0 amide bonds. The van der Waals surface area contributed by atoms with Crippen molar-refractivity contribution in [1.29, 1.82) is 0 Å². The normalized spacial score (nSPS) is 10.5. The van der Waals surface area contributed by atoms with E-state index in [1.54, 1.807) is 0 Å². The van der Waals surface area contributed by atoms with Crippen molar-refractivity contribution in [2.45, 2.75) is 5.16 Å². The summed E-state index contributed by atoms with van der Waals surface area (Å²) < 4.78 is 0. The highest BCUT2D eigenvalue weighted by Crippen LogP contribution is 2.44. The molecule has 0 saturated heterocycles. The van der Waals surface area contributed by atoms with Crippen LogP contribution >= 0.6 is 9.24 Å². The third kappa shape index (κ3) is 3.27. The lowest BCUT2D eigenvalue weighted by molar-refractivity contribution is 0.399. The van der Waals surface area contributed by atoms with Crippen LogP contribution in [-0.4, -0.2) is 12.2 Å². The van der Waals surface area contributed by atoms with Crippen molar-refractivity contribution in [3.05, 3.63) is 108 Å². The molecule has 3 rings (SSSR count). The van der Waals surface area contributed by atoms with Gasteiger partial charge in [0.05, 0.1) is 5.16 Å². The Kier molecular flexibility index (Phi) is 5.89. The third-order valence-corrected chi connectivity index (χ3v) is 4.69. The lowest BCUT2D eigenvalue weighted by Gasteiger charge is -2.31. The molecule has 112 valence electrons. The van der Waals surface area contributed by atoms with E-state index in [0.29, 0.717) is 0 Å². The lowest BCUT2D eigenvalue weighted by Crippen LogP contribution is -2.21. The molecular formula is C20H21OP. The Hall–Kier alpha value is -1.95. The van der Waals surface area contributed by atoms with Gasteiger partial charge < -0.3 is 5.11 Å². The van der Waals surface area contributed by atoms with E-state index in [-0.39, 0.29) is 5.16 Å². The molecule has 0 heterocycles. The van der Waals surface area contributed by atoms with Gasteiger partial charge in [-0.3, -0.25) is 0 Å². The monoisotopic (exact) mass is 308 g/mol. The molecule has 0 fully saturated rings. The molecular weight excluding hydrogens is 287 g/mol. The largest absolute Gasteiger partial charge is 0.400 e. The number of benzene rings is 3. The van der Waals surface area contributed by atoms with E-state index in [0.717, 1.165) is 7.11 Å². The van der Waals surface area contributed by atoms with E-state index in [1.807, 2.05) is 0 Å². The zero-order valence-corrected chi connectivity index (χ0v) is 13.8. The molecule has 1 nitrogen and oxygen atoms in total. The minimum Gasteiger partial charge on any atom is -0.400 e. The summed E-state index contributed by atoms with van der Waals surface area (Å²) in [5.41, 5.74) is 3.84. The van der Waals surface area contributed by atoms with Gasteiger partial charge in [0, 0.05) is 7.11 Å². The Balaban J connectivity index is 0.000000847. The topological polar surface area (TPSA) is 20.2 Å². The second-order valence-corrected chi connectivity index (χ2v) is 5.77. The molecule has 0 saturated carbocycles. The average Bonchev–Trinajstić information content (AvgIpc) is 2.65. The quantitative estimate of drug-likeness (QED) is 0.559. The Labute approximate surface area is 134 Å². The van der Waals surface area contributed by atoms with Crippen LogP contribution in [0.15, 0.2) is 91.0 Å². The van der Waals surface area contributed by atoms with Gasteiger partial charge in [-0.1, -0.05) is 91.0 Å². The van der Waals surface area contributed by atoms with Crippen LogP contribution in [0.2, 0.25) is 0 Å². The Bertz CT molecular complexity index is 569. The van der Waals surface area contributed by atoms with Gasteiger partial charge in [0.15, 0.2) is 0 Å². The fourth-order valence-electron chi connectivity index (χ4n) is 2.60. The summed E-state index contributed by atoms with van der Waals surface area (Å²) in [4.78, 5) is 0. The highest BCUT2D eigenvalue weighted by atomic mass is 31.0. The maximum Gasteiger partial charge on any atom is 0.0591 e. The van der Waals surface area contributed by atoms with Crippen LogP contribution < -0.4 is 0 Å². The Morgan fingerprint density at radius 3 is 1.00 bits per heavy atom. The summed E-state index contributed by atoms with van der Waals surface area (Å²) >= 11 is 0. The molecule has 1 unspecified atom stereocenters. The first-order chi connectivity index (χ1) is 10.8. The first-order valence-electron chi connectivity index (χ1n) is 7.22. The first-order valence-corrected chi connectivity index (χ1v) is 7.80. The summed E-state index contributed by atoms with van der Waals surface area (Å²) in [6, 6.07) is 31.9. The predicted octanol–water partition coefficient (Wildman–Crippen LogP) is 4.46. The molecule has 0 radical (unpaired) electrons. The Morgan fingerprint density at radius 1 is 0.545 bits per heavy atom. The molecule has 22 heavy (non-hydrogen) atoms. The van der Waals surface area contributed by atoms with Gasteiger partial charge in [-0.05, 0) is 16.7 Å². The van der Waals surface area contributed by atoms with Crippen LogP contribution in [0.4, 0.5) is 0 Å². The van der Waals surface area contributed by atoms with E-state index in [2.05, 4.69) is 100 Å². The van der Waals surface area contributed by atoms with E-state index < -0.39 is 0 Å². The molecule has 0 aliphatic rings. The number of hydrogen-bond acceptors (Lipinski definition) is 1. The van der Waals surface area contributed by atoms with Gasteiger partial charge in [-0.25, -0.2) is 0 Å². The molecule has 2 heteroatoms. The number of aliphatic hydroxyl groups excluding tert-OH is 1. The van der Waals surface area contributed by atoms with Gasteiger partial charge >= 0.3 is 0 Å². The van der Waals surface area contributed by atoms with E-state index in [9.17, 15) is 0 Å². The molecule has 0 aromatic heterocycles. The second-order valence-electron chi connectivity index (χ2n) is 4.91. The second kappa shape index (κ2) is 7.89. The first kappa shape index (κ1) is 16.4. The maximum atomic E-state index is 7.00. The number of hydrogen-bond donors (Lipinski definition) is 1. The van der Waals surface area contributed by atoms with Crippen molar-refractivity contribution >= 4 is 9.24 Å². The van der Waals surface area contributed by atoms with Crippen LogP contribution in [0.25, 0.3) is 0 Å². The third-order valence-electron chi connectivity index (χ3n) is 3.69. The summed E-state index contributed by atoms with van der Waals surface area (Å²) in [6.07, 6.45) is 0. The van der Waals surface area contributed by atoms with Gasteiger partial charge in [-0.15, -0.1) is 9.24 Å². The van der Waals surface area contributed by atoms with Crippen LogP contribution in [0.1, 0.15) is 16.7 Å². The fraction of sp³-hybridized carbons (Fsp3) is 0.100. The molecule has 3 aromatic rings. The SMILES string of the molecule is CO.PC(c1ccccc1)(c1ccccc1)c1ccccc1. The van der Waals surface area contributed by atoms with Crippen molar-refractivity contribution in [2.75, 3.05) is 7.11 Å². The minimum atomic E-state index is -0.205. The highest BCUT2D eigenvalue weighted by Gasteiger charge is 2.30. The van der Waals surface area contributed by atoms with Crippen LogP contribution in [0.3, 0.4) is 0 Å². The van der Waals surface area contributed by atoms with Crippen LogP contribution in [-0.2, 0) is 5.16 Å². The summed E-state index contributed by atoms with van der Waals surface area (Å²) in [5.74, 6) is 0. The minimum absolute atomic E-state index is 0.205. The van der Waals surface area contributed by atoms with E-state index in [4.69, 9.17) is 5.11 Å². The molecule has 1 atom stereocenters. The summed E-state index contributed by atoms with van der Waals surface area (Å²) in [6.45, 7) is 0. The van der Waals surface area contributed by atoms with Crippen molar-refractivity contribution in [1.82, 2.24) is 0 Å². The maximum absolute atomic E-state index is 7.00. The standard InChI is InChI=1S/C19H17P.CH4O/c20-19(16-10-4-1-5-11-16,17-12-6-2-7-13-17)18-14-8-3-9-15-18;1-2/h1-15H,20H2;2H,1H3. The van der Waals surface area contributed by atoms with Crippen molar-refractivity contribution in [2.24, 2.45) is 0 Å². The fourth-order valence-corrected chi connectivity index (χ4v) is 3.18. The Morgan fingerprint density at radius 2 is 0.773 bits per heavy atom. The van der Waals surface area contributed by atoms with E-state index in [1.165, 1.54) is 16.7 Å². The lowest BCUT2D eigenvalue weighted by atomic mass is 9.84. The zero-order valence-electron chi connectivity index (χ0n) is 12.7. The number of aliphatic hydroxyl groups is 1. The zero-order chi connectivity index (χ0) is 15.8. The van der Waals surface area contributed by atoms with Gasteiger partial charge in [0.2, 0.25) is 0 Å². The van der Waals surface area contributed by atoms with E-state index >= 15 is 0 Å². The predicted molar refractivity (Wildman–Crippen MR) is 97.1 cm³/mol. The average molecular weight is 308 g/mol. The smallest absolute Gasteiger partial charge is 0.0591 e. The van der Waals surface area contributed by atoms with Gasteiger partial charge in [0.25, 0.3) is 0 Å². The molecule has 1 N–H and O–H groups in total.